The highest BCUT2D eigenvalue weighted by Crippen LogP contribution is 2.32. The second-order valence-corrected chi connectivity index (χ2v) is 4.98. The van der Waals surface area contributed by atoms with E-state index in [1.165, 1.54) is 0 Å². The molecule has 0 aliphatic carbocycles. The maximum atomic E-state index is 13.7. The molecule has 0 atom stereocenters. The predicted molar refractivity (Wildman–Crippen MR) is 76.1 cm³/mol. The highest BCUT2D eigenvalue weighted by atomic mass is 35.5. The van der Waals surface area contributed by atoms with Crippen molar-refractivity contribution in [1.29, 1.82) is 0 Å². The molecule has 0 radical (unpaired) electrons. The Balaban J connectivity index is 1.76. The Hall–Kier alpha value is -2.01. The molecular weight excluding hydrogens is 300 g/mol. The van der Waals surface area contributed by atoms with E-state index in [4.69, 9.17) is 21.1 Å². The molecule has 3 rings (SSSR count). The Kier molecular flexibility index (Phi) is 3.84. The first-order chi connectivity index (χ1) is 10.1. The van der Waals surface area contributed by atoms with Crippen molar-refractivity contribution in [2.24, 2.45) is 0 Å². The van der Waals surface area contributed by atoms with Crippen molar-refractivity contribution in [3.05, 3.63) is 52.6 Å². The van der Waals surface area contributed by atoms with Crippen molar-refractivity contribution in [1.82, 2.24) is 0 Å². The van der Waals surface area contributed by atoms with Crippen LogP contribution in [0.15, 0.2) is 30.3 Å². The maximum absolute atomic E-state index is 13.7. The normalized spacial score (nSPS) is 13.1. The molecule has 0 saturated heterocycles. The molecule has 6 heteroatoms. The monoisotopic (exact) mass is 311 g/mol. The molecule has 2 aromatic carbocycles. The summed E-state index contributed by atoms with van der Waals surface area (Å²) in [4.78, 5) is 0. The van der Waals surface area contributed by atoms with Crippen molar-refractivity contribution in [2.75, 3.05) is 18.5 Å². The summed E-state index contributed by atoms with van der Waals surface area (Å²) in [5.74, 6) is -0.0813. The molecule has 1 aliphatic rings. The molecule has 2 aromatic rings. The van der Waals surface area contributed by atoms with Crippen LogP contribution in [0.1, 0.15) is 5.56 Å². The van der Waals surface area contributed by atoms with Crippen LogP contribution in [0.3, 0.4) is 0 Å². The van der Waals surface area contributed by atoms with E-state index in [9.17, 15) is 8.78 Å². The van der Waals surface area contributed by atoms with Gasteiger partial charge in [0.2, 0.25) is 0 Å². The number of hydrogen-bond donors (Lipinski definition) is 1. The lowest BCUT2D eigenvalue weighted by atomic mass is 10.2. The molecule has 0 spiro atoms. The van der Waals surface area contributed by atoms with E-state index in [0.29, 0.717) is 31.3 Å². The van der Waals surface area contributed by atoms with Crippen LogP contribution in [0.2, 0.25) is 5.02 Å². The Morgan fingerprint density at radius 1 is 1.05 bits per heavy atom. The van der Waals surface area contributed by atoms with Crippen molar-refractivity contribution in [2.45, 2.75) is 6.54 Å². The smallest absolute Gasteiger partial charge is 0.161 e. The lowest BCUT2D eigenvalue weighted by Crippen LogP contribution is -2.15. The predicted octanol–water partition coefficient (Wildman–Crippen LogP) is 4.00. The molecular formula is C15H12ClF2NO2. The van der Waals surface area contributed by atoms with Gasteiger partial charge in [-0.3, -0.25) is 0 Å². The Morgan fingerprint density at radius 3 is 2.57 bits per heavy atom. The van der Waals surface area contributed by atoms with Crippen LogP contribution in [-0.2, 0) is 6.54 Å². The van der Waals surface area contributed by atoms with Gasteiger partial charge in [0.05, 0.1) is 10.7 Å². The number of ether oxygens (including phenoxy) is 2. The van der Waals surface area contributed by atoms with E-state index < -0.39 is 11.6 Å². The number of nitrogens with one attached hydrogen (secondary N) is 1. The number of rotatable bonds is 3. The first-order valence-corrected chi connectivity index (χ1v) is 6.78. The van der Waals surface area contributed by atoms with Crippen LogP contribution in [0.25, 0.3) is 0 Å². The van der Waals surface area contributed by atoms with Gasteiger partial charge in [-0.15, -0.1) is 0 Å². The van der Waals surface area contributed by atoms with E-state index in [-0.39, 0.29) is 10.7 Å². The third kappa shape index (κ3) is 3.03. The van der Waals surface area contributed by atoms with Gasteiger partial charge in [-0.05, 0) is 23.8 Å². The molecule has 21 heavy (non-hydrogen) atoms. The van der Waals surface area contributed by atoms with E-state index in [1.54, 1.807) is 6.07 Å². The fourth-order valence-corrected chi connectivity index (χ4v) is 2.36. The lowest BCUT2D eigenvalue weighted by Gasteiger charge is -2.19. The average Bonchev–Trinajstić information content (AvgIpc) is 2.46. The van der Waals surface area contributed by atoms with Crippen molar-refractivity contribution in [3.63, 3.8) is 0 Å². The van der Waals surface area contributed by atoms with Crippen LogP contribution < -0.4 is 14.8 Å². The zero-order chi connectivity index (χ0) is 14.8. The lowest BCUT2D eigenvalue weighted by molar-refractivity contribution is 0.171. The van der Waals surface area contributed by atoms with Crippen LogP contribution in [0, 0.1) is 11.6 Å². The van der Waals surface area contributed by atoms with Gasteiger partial charge in [-0.25, -0.2) is 8.78 Å². The third-order valence-electron chi connectivity index (χ3n) is 3.08. The van der Waals surface area contributed by atoms with Crippen LogP contribution in [0.5, 0.6) is 11.5 Å². The van der Waals surface area contributed by atoms with E-state index in [2.05, 4.69) is 5.32 Å². The summed E-state index contributed by atoms with van der Waals surface area (Å²) in [6.45, 7) is 1.36. The first-order valence-electron chi connectivity index (χ1n) is 6.40. The summed E-state index contributed by atoms with van der Waals surface area (Å²) in [5, 5.41) is 2.87. The van der Waals surface area contributed by atoms with Crippen LogP contribution >= 0.6 is 11.6 Å². The molecule has 3 nitrogen and oxygen atoms in total. The van der Waals surface area contributed by atoms with Crippen molar-refractivity contribution in [3.8, 4) is 11.5 Å². The highest BCUT2D eigenvalue weighted by Gasteiger charge is 2.13. The molecule has 0 aromatic heterocycles. The molecule has 0 fully saturated rings. The number of anilines is 1. The SMILES string of the molecule is Fc1cc(F)c(NCc2ccc3c(c2)OCCO3)c(Cl)c1. The second kappa shape index (κ2) is 5.77. The summed E-state index contributed by atoms with van der Waals surface area (Å²) in [6.07, 6.45) is 0. The maximum Gasteiger partial charge on any atom is 0.161 e. The molecule has 0 unspecified atom stereocenters. The van der Waals surface area contributed by atoms with Gasteiger partial charge in [0, 0.05) is 12.6 Å². The molecule has 1 aliphatic heterocycles. The fourth-order valence-electron chi connectivity index (χ4n) is 2.10. The zero-order valence-corrected chi connectivity index (χ0v) is 11.7. The standard InChI is InChI=1S/C15H12ClF2NO2/c16-11-6-10(17)7-12(18)15(11)19-8-9-1-2-13-14(5-9)21-4-3-20-13/h1-2,5-7,19H,3-4,8H2. The molecule has 0 bridgehead atoms. The fraction of sp³-hybridized carbons (Fsp3) is 0.200. The largest absolute Gasteiger partial charge is 0.486 e. The van der Waals surface area contributed by atoms with Crippen LogP contribution in [0.4, 0.5) is 14.5 Å². The molecule has 1 heterocycles. The third-order valence-corrected chi connectivity index (χ3v) is 3.38. The van der Waals surface area contributed by atoms with E-state index in [0.717, 1.165) is 17.7 Å². The Labute approximate surface area is 125 Å². The quantitative estimate of drug-likeness (QED) is 0.929. The van der Waals surface area contributed by atoms with Crippen molar-refractivity contribution < 1.29 is 18.3 Å². The number of benzene rings is 2. The van der Waals surface area contributed by atoms with E-state index in [1.807, 2.05) is 12.1 Å². The van der Waals surface area contributed by atoms with Gasteiger partial charge in [-0.2, -0.15) is 0 Å². The van der Waals surface area contributed by atoms with Gasteiger partial charge < -0.3 is 14.8 Å². The summed E-state index contributed by atoms with van der Waals surface area (Å²) in [6, 6.07) is 7.32. The zero-order valence-electron chi connectivity index (χ0n) is 11.0. The summed E-state index contributed by atoms with van der Waals surface area (Å²) in [5.41, 5.74) is 0.951. The molecule has 1 N–H and O–H groups in total. The number of fused-ring (bicyclic) bond motifs is 1. The molecule has 0 amide bonds. The second-order valence-electron chi connectivity index (χ2n) is 4.58. The Bertz CT molecular complexity index is 656. The first kappa shape index (κ1) is 13.9. The minimum Gasteiger partial charge on any atom is -0.486 e. The summed E-state index contributed by atoms with van der Waals surface area (Å²) < 4.78 is 37.5. The van der Waals surface area contributed by atoms with E-state index >= 15 is 0 Å². The number of halogens is 3. The number of hydrogen-bond acceptors (Lipinski definition) is 3. The van der Waals surface area contributed by atoms with Gasteiger partial charge in [0.1, 0.15) is 19.0 Å². The minimum atomic E-state index is -0.724. The van der Waals surface area contributed by atoms with Gasteiger partial charge in [0.25, 0.3) is 0 Å². The van der Waals surface area contributed by atoms with Gasteiger partial charge in [0.15, 0.2) is 17.3 Å². The summed E-state index contributed by atoms with van der Waals surface area (Å²) >= 11 is 5.83. The topological polar surface area (TPSA) is 30.5 Å². The Morgan fingerprint density at radius 2 is 1.81 bits per heavy atom. The highest BCUT2D eigenvalue weighted by molar-refractivity contribution is 6.33. The van der Waals surface area contributed by atoms with Gasteiger partial charge >= 0.3 is 0 Å². The van der Waals surface area contributed by atoms with Crippen LogP contribution in [-0.4, -0.2) is 13.2 Å². The van der Waals surface area contributed by atoms with Gasteiger partial charge in [-0.1, -0.05) is 17.7 Å². The molecule has 0 saturated carbocycles. The summed E-state index contributed by atoms with van der Waals surface area (Å²) in [7, 11) is 0. The average molecular weight is 312 g/mol. The van der Waals surface area contributed by atoms with Crippen molar-refractivity contribution >= 4 is 17.3 Å². The minimum absolute atomic E-state index is 0.00467. The molecule has 110 valence electrons.